The quantitative estimate of drug-likeness (QED) is 0.456. The number of carbonyl (C=O) groups excluding carboxylic acids is 1. The van der Waals surface area contributed by atoms with Crippen LogP contribution in [0.5, 0.6) is 0 Å². The first kappa shape index (κ1) is 21.6. The lowest BCUT2D eigenvalue weighted by Crippen LogP contribution is -2.26. The van der Waals surface area contributed by atoms with Crippen LogP contribution < -0.4 is 11.2 Å². The molecule has 2 heterocycles. The van der Waals surface area contributed by atoms with Crippen LogP contribution in [0.2, 0.25) is 0 Å². The number of rotatable bonds is 2. The number of carbonyl (C=O) groups is 1. The van der Waals surface area contributed by atoms with Crippen LogP contribution in [-0.4, -0.2) is 21.8 Å². The number of pyridine rings is 2. The number of benzene rings is 2. The molecule has 1 saturated carbocycles. The van der Waals surface area contributed by atoms with Crippen molar-refractivity contribution in [2.24, 2.45) is 5.73 Å². The Morgan fingerprint density at radius 1 is 1.06 bits per heavy atom. The van der Waals surface area contributed by atoms with Crippen molar-refractivity contribution < 1.29 is 13.6 Å². The summed E-state index contributed by atoms with van der Waals surface area (Å²) in [5, 5.41) is 2.72. The van der Waals surface area contributed by atoms with E-state index < -0.39 is 23.2 Å². The number of hydrogen-bond acceptors (Lipinski definition) is 3. The van der Waals surface area contributed by atoms with Gasteiger partial charge in [-0.15, -0.1) is 0 Å². The SMILES string of the molecule is NC(=O)c1nccc2[nH]c([C@H]3CCCC(F)(F)C3)cc(=O)c12.c1ccc2ccccc2c1. The molecule has 164 valence electrons. The largest absolute Gasteiger partial charge is 0.364 e. The minimum atomic E-state index is -2.70. The highest BCUT2D eigenvalue weighted by Crippen LogP contribution is 2.41. The van der Waals surface area contributed by atoms with Crippen molar-refractivity contribution in [1.82, 2.24) is 9.97 Å². The molecule has 3 N–H and O–H groups in total. The molecule has 1 amide bonds. The Morgan fingerprint density at radius 3 is 2.25 bits per heavy atom. The van der Waals surface area contributed by atoms with Gasteiger partial charge in [0.05, 0.1) is 10.9 Å². The second-order valence-corrected chi connectivity index (χ2v) is 8.03. The Bertz CT molecular complexity index is 1270. The van der Waals surface area contributed by atoms with E-state index in [1.165, 1.54) is 29.1 Å². The topological polar surface area (TPSA) is 88.8 Å². The van der Waals surface area contributed by atoms with Crippen molar-refractivity contribution >= 4 is 27.6 Å². The van der Waals surface area contributed by atoms with Crippen LogP contribution >= 0.6 is 0 Å². The number of nitrogens with zero attached hydrogens (tertiary/aromatic N) is 1. The zero-order valence-corrected chi connectivity index (χ0v) is 17.4. The normalized spacial score (nSPS) is 17.5. The Labute approximate surface area is 183 Å². The number of halogens is 2. The average Bonchev–Trinajstić information content (AvgIpc) is 2.78. The number of aromatic nitrogens is 2. The van der Waals surface area contributed by atoms with Crippen LogP contribution in [-0.2, 0) is 0 Å². The molecule has 4 aromatic rings. The van der Waals surface area contributed by atoms with Crippen LogP contribution in [0.3, 0.4) is 0 Å². The molecular weight excluding hydrogens is 412 g/mol. The summed E-state index contributed by atoms with van der Waals surface area (Å²) in [6.07, 6.45) is 1.99. The van der Waals surface area contributed by atoms with Gasteiger partial charge in [-0.2, -0.15) is 0 Å². The Balaban J connectivity index is 0.000000203. The van der Waals surface area contributed by atoms with Gasteiger partial charge in [0.2, 0.25) is 5.92 Å². The van der Waals surface area contributed by atoms with Gasteiger partial charge in [0, 0.05) is 36.7 Å². The van der Waals surface area contributed by atoms with E-state index in [1.807, 2.05) is 0 Å². The van der Waals surface area contributed by atoms with Crippen LogP contribution in [0, 0.1) is 0 Å². The molecule has 5 rings (SSSR count). The highest BCUT2D eigenvalue weighted by Gasteiger charge is 2.37. The number of aromatic amines is 1. The molecule has 32 heavy (non-hydrogen) atoms. The predicted molar refractivity (Wildman–Crippen MR) is 121 cm³/mol. The number of nitrogens with one attached hydrogen (secondary N) is 1. The summed E-state index contributed by atoms with van der Waals surface area (Å²) in [5.41, 5.74) is 5.53. The highest BCUT2D eigenvalue weighted by molar-refractivity contribution is 6.03. The summed E-state index contributed by atoms with van der Waals surface area (Å²) in [4.78, 5) is 30.4. The maximum absolute atomic E-state index is 13.6. The molecule has 0 saturated heterocycles. The second-order valence-electron chi connectivity index (χ2n) is 8.03. The van der Waals surface area contributed by atoms with Crippen molar-refractivity contribution in [3.63, 3.8) is 0 Å². The highest BCUT2D eigenvalue weighted by atomic mass is 19.3. The maximum Gasteiger partial charge on any atom is 0.268 e. The number of primary amides is 1. The maximum atomic E-state index is 13.6. The number of fused-ring (bicyclic) bond motifs is 2. The van der Waals surface area contributed by atoms with Gasteiger partial charge in [0.25, 0.3) is 5.91 Å². The van der Waals surface area contributed by atoms with E-state index in [9.17, 15) is 18.4 Å². The first-order valence-corrected chi connectivity index (χ1v) is 10.5. The zero-order valence-electron chi connectivity index (χ0n) is 17.4. The van der Waals surface area contributed by atoms with Crippen molar-refractivity contribution in [2.45, 2.75) is 37.5 Å². The lowest BCUT2D eigenvalue weighted by Gasteiger charge is -2.29. The fourth-order valence-corrected chi connectivity index (χ4v) is 4.20. The third kappa shape index (κ3) is 4.66. The summed E-state index contributed by atoms with van der Waals surface area (Å²) in [6.45, 7) is 0. The smallest absolute Gasteiger partial charge is 0.268 e. The van der Waals surface area contributed by atoms with Crippen LogP contribution in [0.4, 0.5) is 8.78 Å². The van der Waals surface area contributed by atoms with E-state index in [1.54, 1.807) is 0 Å². The van der Waals surface area contributed by atoms with E-state index in [2.05, 4.69) is 58.5 Å². The molecule has 1 fully saturated rings. The van der Waals surface area contributed by atoms with Gasteiger partial charge in [-0.25, -0.2) is 8.78 Å². The lowest BCUT2D eigenvalue weighted by atomic mass is 9.84. The fraction of sp³-hybridized carbons (Fsp3) is 0.240. The van der Waals surface area contributed by atoms with E-state index in [0.717, 1.165) is 0 Å². The number of hydrogen-bond donors (Lipinski definition) is 2. The van der Waals surface area contributed by atoms with E-state index >= 15 is 0 Å². The van der Waals surface area contributed by atoms with Crippen molar-refractivity contribution in [2.75, 3.05) is 0 Å². The third-order valence-corrected chi connectivity index (χ3v) is 5.74. The first-order chi connectivity index (χ1) is 15.3. The molecule has 7 heteroatoms. The minimum Gasteiger partial charge on any atom is -0.364 e. The van der Waals surface area contributed by atoms with Gasteiger partial charge >= 0.3 is 0 Å². The zero-order chi connectivity index (χ0) is 22.7. The molecule has 5 nitrogen and oxygen atoms in total. The molecule has 1 aliphatic carbocycles. The van der Waals surface area contributed by atoms with Gasteiger partial charge in [-0.1, -0.05) is 48.5 Å². The number of nitrogens with two attached hydrogens (primary N) is 1. The molecule has 0 aliphatic heterocycles. The fourth-order valence-electron chi connectivity index (χ4n) is 4.20. The molecule has 0 bridgehead atoms. The summed E-state index contributed by atoms with van der Waals surface area (Å²) >= 11 is 0. The van der Waals surface area contributed by atoms with Crippen molar-refractivity contribution in [3.8, 4) is 0 Å². The van der Waals surface area contributed by atoms with Gasteiger partial charge in [-0.05, 0) is 29.7 Å². The molecule has 1 atom stereocenters. The minimum absolute atomic E-state index is 0.0984. The lowest BCUT2D eigenvalue weighted by molar-refractivity contribution is -0.0412. The van der Waals surface area contributed by atoms with Crippen molar-refractivity contribution in [3.05, 3.63) is 88.5 Å². The molecule has 2 aromatic heterocycles. The summed E-state index contributed by atoms with van der Waals surface area (Å²) in [7, 11) is 0. The number of alkyl halides is 2. The van der Waals surface area contributed by atoms with Crippen LogP contribution in [0.25, 0.3) is 21.7 Å². The van der Waals surface area contributed by atoms with Gasteiger partial charge in [0.15, 0.2) is 5.43 Å². The van der Waals surface area contributed by atoms with Gasteiger partial charge in [-0.3, -0.25) is 14.6 Å². The molecular formula is C25H23F2N3O2. The Hall–Kier alpha value is -3.61. The monoisotopic (exact) mass is 435 g/mol. The predicted octanol–water partition coefficient (Wildman–Crippen LogP) is 5.15. The number of amides is 1. The average molecular weight is 435 g/mol. The molecule has 2 aromatic carbocycles. The Kier molecular flexibility index (Phi) is 5.99. The van der Waals surface area contributed by atoms with Gasteiger partial charge in [0.1, 0.15) is 5.69 Å². The third-order valence-electron chi connectivity index (χ3n) is 5.74. The van der Waals surface area contributed by atoms with Crippen LogP contribution in [0.1, 0.15) is 47.8 Å². The van der Waals surface area contributed by atoms with Crippen LogP contribution in [0.15, 0.2) is 71.7 Å². The first-order valence-electron chi connectivity index (χ1n) is 10.5. The summed E-state index contributed by atoms with van der Waals surface area (Å²) in [6, 6.07) is 19.5. The summed E-state index contributed by atoms with van der Waals surface area (Å²) in [5.74, 6) is -3.90. The summed E-state index contributed by atoms with van der Waals surface area (Å²) < 4.78 is 27.1. The molecule has 1 aliphatic rings. The van der Waals surface area contributed by atoms with E-state index in [4.69, 9.17) is 5.73 Å². The molecule has 0 spiro atoms. The Morgan fingerprint density at radius 2 is 1.69 bits per heavy atom. The van der Waals surface area contributed by atoms with Crippen molar-refractivity contribution in [1.29, 1.82) is 0 Å². The van der Waals surface area contributed by atoms with Gasteiger partial charge < -0.3 is 10.7 Å². The molecule has 0 radical (unpaired) electrons. The number of H-pyrrole nitrogens is 1. The van der Waals surface area contributed by atoms with E-state index in [0.29, 0.717) is 24.1 Å². The standard InChI is InChI=1S/C15H15F2N3O2.C10H8/c16-15(17)4-1-2-8(7-15)10-6-11(21)12-9(20-10)3-5-19-13(12)14(18)22;1-2-6-10-8-4-3-7-9(10)5-1/h3,5-6,8H,1-2,4,7H2,(H2,18,22)(H,20,21);1-8H/t8-;/m0./s1. The molecule has 0 unspecified atom stereocenters. The van der Waals surface area contributed by atoms with E-state index in [-0.39, 0.29) is 23.9 Å². The second kappa shape index (κ2) is 8.86.